The summed E-state index contributed by atoms with van der Waals surface area (Å²) in [7, 11) is 1.66. The largest absolute Gasteiger partial charge is 0.497 e. The van der Waals surface area contributed by atoms with Crippen LogP contribution in [0.15, 0.2) is 47.1 Å². The fraction of sp³-hybridized carbons (Fsp3) is 0.333. The van der Waals surface area contributed by atoms with Gasteiger partial charge in [0.05, 0.1) is 13.7 Å². The number of halogens is 1. The van der Waals surface area contributed by atoms with Crippen molar-refractivity contribution in [2.45, 2.75) is 25.4 Å². The third-order valence-corrected chi connectivity index (χ3v) is 4.42. The summed E-state index contributed by atoms with van der Waals surface area (Å²) in [6, 6.07) is 12.1. The van der Waals surface area contributed by atoms with Crippen molar-refractivity contribution in [2.24, 2.45) is 0 Å². The number of aromatic nitrogens is 1. The van der Waals surface area contributed by atoms with Gasteiger partial charge in [-0.05, 0) is 58.6 Å². The molecule has 1 aromatic heterocycles. The highest BCUT2D eigenvalue weighted by Crippen LogP contribution is 2.28. The first kappa shape index (κ1) is 16.9. The van der Waals surface area contributed by atoms with Crippen LogP contribution in [0.2, 0.25) is 0 Å². The molecule has 0 unspecified atom stereocenters. The average molecular weight is 390 g/mol. The molecule has 0 saturated heterocycles. The average Bonchev–Trinajstić information content (AvgIpc) is 3.42. The Morgan fingerprint density at radius 3 is 2.62 bits per heavy atom. The Balaban J connectivity index is 1.58. The van der Waals surface area contributed by atoms with Crippen molar-refractivity contribution in [3.8, 4) is 5.75 Å². The molecule has 1 amide bonds. The van der Waals surface area contributed by atoms with Gasteiger partial charge in [0, 0.05) is 23.3 Å². The molecule has 1 saturated carbocycles. The van der Waals surface area contributed by atoms with Gasteiger partial charge in [-0.15, -0.1) is 0 Å². The second-order valence-electron chi connectivity index (χ2n) is 5.89. The maximum absolute atomic E-state index is 12.3. The van der Waals surface area contributed by atoms with Crippen molar-refractivity contribution < 1.29 is 9.53 Å². The topological polar surface area (TPSA) is 54.5 Å². The number of nitrogens with one attached hydrogen (secondary N) is 1. The van der Waals surface area contributed by atoms with Crippen LogP contribution in [-0.2, 0) is 11.3 Å². The molecule has 0 atom stereocenters. The van der Waals surface area contributed by atoms with E-state index in [1.54, 1.807) is 19.4 Å². The van der Waals surface area contributed by atoms with Crippen LogP contribution in [0, 0.1) is 0 Å². The van der Waals surface area contributed by atoms with E-state index in [2.05, 4.69) is 31.1 Å². The number of carbonyl (C=O) groups excluding carboxylic acids is 1. The molecule has 126 valence electrons. The van der Waals surface area contributed by atoms with Gasteiger partial charge in [0.15, 0.2) is 0 Å². The van der Waals surface area contributed by atoms with Gasteiger partial charge in [0.25, 0.3) is 0 Å². The van der Waals surface area contributed by atoms with Crippen LogP contribution in [0.25, 0.3) is 0 Å². The lowest BCUT2D eigenvalue weighted by atomic mass is 10.2. The van der Waals surface area contributed by atoms with Crippen molar-refractivity contribution in [3.05, 3.63) is 52.6 Å². The summed E-state index contributed by atoms with van der Waals surface area (Å²) in [5.41, 5.74) is 1.18. The minimum atomic E-state index is -0.0368. The molecule has 1 aliphatic rings. The van der Waals surface area contributed by atoms with Crippen molar-refractivity contribution in [2.75, 3.05) is 19.0 Å². The highest BCUT2D eigenvalue weighted by molar-refractivity contribution is 9.10. The molecule has 2 aromatic rings. The minimum absolute atomic E-state index is 0.0368. The molecule has 0 aliphatic heterocycles. The number of rotatable bonds is 7. The number of methoxy groups -OCH3 is 1. The highest BCUT2D eigenvalue weighted by atomic mass is 79.9. The van der Waals surface area contributed by atoms with Gasteiger partial charge in [0.1, 0.15) is 11.6 Å². The zero-order valence-electron chi connectivity index (χ0n) is 13.5. The Morgan fingerprint density at radius 2 is 2.04 bits per heavy atom. The third kappa shape index (κ3) is 4.79. The van der Waals surface area contributed by atoms with E-state index >= 15 is 0 Å². The monoisotopic (exact) mass is 389 g/mol. The van der Waals surface area contributed by atoms with Crippen molar-refractivity contribution in [1.29, 1.82) is 0 Å². The van der Waals surface area contributed by atoms with Crippen molar-refractivity contribution in [3.63, 3.8) is 0 Å². The molecule has 6 heteroatoms. The summed E-state index contributed by atoms with van der Waals surface area (Å²) >= 11 is 3.33. The van der Waals surface area contributed by atoms with Crippen LogP contribution < -0.4 is 10.1 Å². The molecule has 1 heterocycles. The van der Waals surface area contributed by atoms with Gasteiger partial charge in [-0.1, -0.05) is 12.1 Å². The molecular weight excluding hydrogens is 370 g/mol. The molecular formula is C18H20BrN3O2. The maximum Gasteiger partial charge on any atom is 0.239 e. The first-order valence-corrected chi connectivity index (χ1v) is 8.72. The quantitative estimate of drug-likeness (QED) is 0.787. The minimum Gasteiger partial charge on any atom is -0.497 e. The number of anilines is 1. The molecule has 1 aliphatic carbocycles. The van der Waals surface area contributed by atoms with Crippen LogP contribution >= 0.6 is 15.9 Å². The van der Waals surface area contributed by atoms with E-state index in [9.17, 15) is 4.79 Å². The Labute approximate surface area is 150 Å². The predicted molar refractivity (Wildman–Crippen MR) is 97.0 cm³/mol. The first-order valence-electron chi connectivity index (χ1n) is 7.92. The van der Waals surface area contributed by atoms with E-state index in [1.807, 2.05) is 30.3 Å². The zero-order chi connectivity index (χ0) is 16.9. The van der Waals surface area contributed by atoms with E-state index in [-0.39, 0.29) is 5.91 Å². The van der Waals surface area contributed by atoms with Gasteiger partial charge in [-0.2, -0.15) is 0 Å². The fourth-order valence-corrected chi connectivity index (χ4v) is 2.77. The van der Waals surface area contributed by atoms with Crippen LogP contribution in [0.3, 0.4) is 0 Å². The van der Waals surface area contributed by atoms with Crippen LogP contribution in [0.4, 0.5) is 5.82 Å². The number of hydrogen-bond acceptors (Lipinski definition) is 4. The lowest BCUT2D eigenvalue weighted by Gasteiger charge is -2.21. The molecule has 0 radical (unpaired) electrons. The summed E-state index contributed by atoms with van der Waals surface area (Å²) in [6.45, 7) is 1.13. The van der Waals surface area contributed by atoms with Crippen LogP contribution in [-0.4, -0.2) is 35.5 Å². The van der Waals surface area contributed by atoms with E-state index in [1.165, 1.54) is 5.56 Å². The number of amides is 1. The fourth-order valence-electron chi connectivity index (χ4n) is 2.54. The van der Waals surface area contributed by atoms with Gasteiger partial charge in [0.2, 0.25) is 5.91 Å². The Bertz CT molecular complexity index is 684. The second-order valence-corrected chi connectivity index (χ2v) is 6.81. The molecule has 5 nitrogen and oxygen atoms in total. The van der Waals surface area contributed by atoms with E-state index in [0.717, 1.165) is 29.6 Å². The second kappa shape index (κ2) is 7.77. The van der Waals surface area contributed by atoms with Gasteiger partial charge in [-0.25, -0.2) is 4.98 Å². The third-order valence-electron chi connectivity index (χ3n) is 3.95. The number of pyridine rings is 1. The van der Waals surface area contributed by atoms with E-state index in [4.69, 9.17) is 4.74 Å². The first-order chi connectivity index (χ1) is 11.6. The van der Waals surface area contributed by atoms with Crippen LogP contribution in [0.5, 0.6) is 5.75 Å². The number of carbonyl (C=O) groups is 1. The Morgan fingerprint density at radius 1 is 1.29 bits per heavy atom. The van der Waals surface area contributed by atoms with Crippen molar-refractivity contribution in [1.82, 2.24) is 9.88 Å². The molecule has 24 heavy (non-hydrogen) atoms. The summed E-state index contributed by atoms with van der Waals surface area (Å²) < 4.78 is 6.07. The lowest BCUT2D eigenvalue weighted by molar-refractivity contribution is -0.117. The molecule has 0 spiro atoms. The normalized spacial score (nSPS) is 13.8. The molecule has 3 rings (SSSR count). The van der Waals surface area contributed by atoms with E-state index in [0.29, 0.717) is 18.4 Å². The van der Waals surface area contributed by atoms with Gasteiger partial charge >= 0.3 is 0 Å². The maximum atomic E-state index is 12.3. The lowest BCUT2D eigenvalue weighted by Crippen LogP contribution is -2.34. The molecule has 1 aromatic carbocycles. The Kier molecular flexibility index (Phi) is 5.48. The number of ether oxygens (including phenoxy) is 1. The number of benzene rings is 1. The molecule has 0 bridgehead atoms. The summed E-state index contributed by atoms with van der Waals surface area (Å²) in [5, 5.41) is 2.85. The SMILES string of the molecule is COc1ccc(CN(CC(=O)Nc2ccc(Br)cn2)C2CC2)cc1. The van der Waals surface area contributed by atoms with Gasteiger partial charge in [-0.3, -0.25) is 9.69 Å². The van der Waals surface area contributed by atoms with E-state index < -0.39 is 0 Å². The van der Waals surface area contributed by atoms with Gasteiger partial charge < -0.3 is 10.1 Å². The number of hydrogen-bond donors (Lipinski definition) is 1. The van der Waals surface area contributed by atoms with Crippen molar-refractivity contribution >= 4 is 27.7 Å². The molecule has 1 N–H and O–H groups in total. The summed E-state index contributed by atoms with van der Waals surface area (Å²) in [4.78, 5) is 18.7. The highest BCUT2D eigenvalue weighted by Gasteiger charge is 2.30. The zero-order valence-corrected chi connectivity index (χ0v) is 15.1. The summed E-state index contributed by atoms with van der Waals surface area (Å²) in [5.74, 6) is 1.38. The van der Waals surface area contributed by atoms with Crippen LogP contribution in [0.1, 0.15) is 18.4 Å². The molecule has 1 fully saturated rings. The summed E-state index contributed by atoms with van der Waals surface area (Å²) in [6.07, 6.45) is 3.98. The number of nitrogens with zero attached hydrogens (tertiary/aromatic N) is 2. The predicted octanol–water partition coefficient (Wildman–Crippen LogP) is 3.46. The smallest absolute Gasteiger partial charge is 0.239 e. The Hall–Kier alpha value is -1.92. The standard InChI is InChI=1S/C18H20BrN3O2/c1-24-16-7-2-13(3-8-16)11-22(15-5-6-15)12-18(23)21-17-9-4-14(19)10-20-17/h2-4,7-10,15H,5-6,11-12H2,1H3,(H,20,21,23).